The molecule has 1 rings (SSSR count). The number of alkyl halides is 3. The molecule has 0 saturated heterocycles. The molecule has 0 spiro atoms. The molecule has 0 aliphatic carbocycles. The van der Waals surface area contributed by atoms with Crippen molar-refractivity contribution in [3.8, 4) is 0 Å². The van der Waals surface area contributed by atoms with Crippen LogP contribution in [0.3, 0.4) is 0 Å². The summed E-state index contributed by atoms with van der Waals surface area (Å²) in [6.45, 7) is 0. The normalized spacial score (nSPS) is 10.9. The molecule has 0 amide bonds. The number of hydrogen-bond acceptors (Lipinski definition) is 3. The number of hydrogen-bond donors (Lipinski definition) is 0. The van der Waals surface area contributed by atoms with Gasteiger partial charge in [-0.1, -0.05) is 0 Å². The minimum atomic E-state index is -4.48. The zero-order valence-electron chi connectivity index (χ0n) is 4.72. The Morgan fingerprint density at radius 2 is 1.91 bits per heavy atom. The Kier molecular flexibility index (Phi) is 3.53. The summed E-state index contributed by atoms with van der Waals surface area (Å²) >= 11 is 5.63. The summed E-state index contributed by atoms with van der Waals surface area (Å²) in [5.74, 6) is -1.18. The van der Waals surface area contributed by atoms with Crippen LogP contribution in [0.25, 0.3) is 0 Å². The average Bonchev–Trinajstić information content (AvgIpc) is 2.11. The van der Waals surface area contributed by atoms with Gasteiger partial charge in [0.2, 0.25) is 10.3 Å². The van der Waals surface area contributed by atoms with Crippen molar-refractivity contribution in [2.75, 3.05) is 0 Å². The third-order valence-electron chi connectivity index (χ3n) is 0.655. The highest BCUT2D eigenvalue weighted by atomic mass is 35.5. The van der Waals surface area contributed by atoms with Gasteiger partial charge in [0.15, 0.2) is 0 Å². The number of nitrogens with zero attached hydrogens (tertiary/aromatic N) is 2. The molecule has 0 N–H and O–H groups in total. The minimum Gasteiger partial charge on any atom is -0.199 e. The molecule has 1 aromatic heterocycles. The van der Waals surface area contributed by atoms with E-state index in [-0.39, 0.29) is 16.9 Å². The van der Waals surface area contributed by atoms with Gasteiger partial charge in [0.1, 0.15) is 0 Å². The van der Waals surface area contributed by atoms with Crippen molar-refractivity contribution in [2.24, 2.45) is 0 Å². The summed E-state index contributed by atoms with van der Waals surface area (Å²) in [6.07, 6.45) is -4.48. The van der Waals surface area contributed by atoms with Crippen molar-refractivity contribution in [3.63, 3.8) is 0 Å². The summed E-state index contributed by atoms with van der Waals surface area (Å²) in [5.41, 5.74) is 0. The molecule has 0 aromatic carbocycles. The van der Waals surface area contributed by atoms with Gasteiger partial charge in [-0.2, -0.15) is 22.5 Å². The van der Waals surface area contributed by atoms with Gasteiger partial charge in [0.25, 0.3) is 0 Å². The van der Waals surface area contributed by atoms with Gasteiger partial charge in [-0.25, -0.2) is 0 Å². The first-order valence-corrected chi connectivity index (χ1v) is 3.21. The van der Waals surface area contributed by atoms with E-state index < -0.39 is 12.0 Å². The van der Waals surface area contributed by atoms with Crippen LogP contribution in [0.2, 0.25) is 4.47 Å². The molecule has 64 valence electrons. The molecule has 1 heterocycles. The summed E-state index contributed by atoms with van der Waals surface area (Å²) in [6, 6.07) is 0. The van der Waals surface area contributed by atoms with E-state index in [4.69, 9.17) is 11.6 Å². The van der Waals surface area contributed by atoms with Crippen LogP contribution in [-0.4, -0.2) is 9.36 Å². The molecule has 2 nitrogen and oxygen atoms in total. The second-order valence-electron chi connectivity index (χ2n) is 1.37. The Morgan fingerprint density at radius 3 is 2.09 bits per heavy atom. The summed E-state index contributed by atoms with van der Waals surface area (Å²) in [7, 11) is 0. The first kappa shape index (κ1) is 10.9. The van der Waals surface area contributed by atoms with Crippen LogP contribution in [0.5, 0.6) is 0 Å². The average molecular weight is 225 g/mol. The van der Waals surface area contributed by atoms with E-state index in [1.165, 1.54) is 0 Å². The molecule has 0 aliphatic heterocycles. The lowest BCUT2D eigenvalue weighted by Crippen LogP contribution is -2.06. The Bertz CT molecular complexity index is 235. The van der Waals surface area contributed by atoms with Crippen LogP contribution in [0.4, 0.5) is 13.2 Å². The molecule has 8 heteroatoms. The lowest BCUT2D eigenvalue weighted by molar-refractivity contribution is -0.144. The third kappa shape index (κ3) is 2.80. The van der Waals surface area contributed by atoms with Gasteiger partial charge in [0.05, 0.1) is 0 Å². The molecule has 0 saturated carbocycles. The lowest BCUT2D eigenvalue weighted by Gasteiger charge is -1.96. The molecule has 0 fully saturated rings. The molecular weight excluding hydrogens is 224 g/mol. The van der Waals surface area contributed by atoms with Crippen molar-refractivity contribution < 1.29 is 13.2 Å². The van der Waals surface area contributed by atoms with Crippen molar-refractivity contribution >= 4 is 35.5 Å². The summed E-state index contributed by atoms with van der Waals surface area (Å²) in [5, 5.41) is 0. The minimum absolute atomic E-state index is 0. The van der Waals surface area contributed by atoms with Crippen LogP contribution < -0.4 is 0 Å². The maximum absolute atomic E-state index is 11.6. The van der Waals surface area contributed by atoms with Gasteiger partial charge in [0, 0.05) is 0 Å². The highest BCUT2D eigenvalue weighted by Crippen LogP contribution is 2.28. The Morgan fingerprint density at radius 1 is 1.36 bits per heavy atom. The molecule has 0 atom stereocenters. The van der Waals surface area contributed by atoms with E-state index in [1.54, 1.807) is 0 Å². The third-order valence-corrected chi connectivity index (χ3v) is 1.45. The van der Waals surface area contributed by atoms with Gasteiger partial charge < -0.3 is 0 Å². The molecule has 0 unspecified atom stereocenters. The largest absolute Gasteiger partial charge is 0.452 e. The van der Waals surface area contributed by atoms with Gasteiger partial charge in [-0.05, 0) is 23.1 Å². The summed E-state index contributed by atoms with van der Waals surface area (Å²) < 4.78 is 37.6. The Labute approximate surface area is 75.0 Å². The maximum atomic E-state index is 11.6. The monoisotopic (exact) mass is 224 g/mol. The Hall–Kier alpha value is -0.0700. The quantitative estimate of drug-likeness (QED) is 0.678. The molecule has 0 aliphatic rings. The molecular formula is C3HCl2F3N2S. The zero-order chi connectivity index (χ0) is 7.78. The fourth-order valence-corrected chi connectivity index (χ4v) is 0.937. The van der Waals surface area contributed by atoms with Crippen molar-refractivity contribution in [2.45, 2.75) is 6.18 Å². The Balaban J connectivity index is 0.000001000. The van der Waals surface area contributed by atoms with E-state index in [0.29, 0.717) is 11.5 Å². The van der Waals surface area contributed by atoms with Crippen LogP contribution >= 0.6 is 35.5 Å². The topological polar surface area (TPSA) is 25.8 Å². The van der Waals surface area contributed by atoms with Gasteiger partial charge in [-0.15, -0.1) is 12.4 Å². The smallest absolute Gasteiger partial charge is 0.199 e. The van der Waals surface area contributed by atoms with Crippen LogP contribution in [0.15, 0.2) is 0 Å². The van der Waals surface area contributed by atoms with E-state index in [9.17, 15) is 13.2 Å². The number of halogens is 5. The molecule has 11 heavy (non-hydrogen) atoms. The fraction of sp³-hybridized carbons (Fsp3) is 0.333. The summed E-state index contributed by atoms with van der Waals surface area (Å²) in [4.78, 5) is 2.93. The second-order valence-corrected chi connectivity index (χ2v) is 2.70. The SMILES string of the molecule is Cl.FC(F)(F)c1nsc(Cl)n1. The van der Waals surface area contributed by atoms with E-state index in [0.717, 1.165) is 0 Å². The van der Waals surface area contributed by atoms with Crippen LogP contribution in [0.1, 0.15) is 5.82 Å². The second kappa shape index (κ2) is 3.55. The van der Waals surface area contributed by atoms with E-state index in [1.807, 2.05) is 0 Å². The van der Waals surface area contributed by atoms with E-state index >= 15 is 0 Å². The molecule has 0 radical (unpaired) electrons. The van der Waals surface area contributed by atoms with Crippen molar-refractivity contribution in [1.82, 2.24) is 9.36 Å². The van der Waals surface area contributed by atoms with Gasteiger partial charge in [-0.3, -0.25) is 0 Å². The molecule has 1 aromatic rings. The van der Waals surface area contributed by atoms with Crippen LogP contribution in [-0.2, 0) is 6.18 Å². The predicted octanol–water partition coefficient (Wildman–Crippen LogP) is 2.63. The maximum Gasteiger partial charge on any atom is 0.452 e. The first-order chi connectivity index (χ1) is 4.50. The lowest BCUT2D eigenvalue weighted by atomic mass is 10.6. The van der Waals surface area contributed by atoms with Gasteiger partial charge >= 0.3 is 6.18 Å². The van der Waals surface area contributed by atoms with Crippen molar-refractivity contribution in [1.29, 1.82) is 0 Å². The van der Waals surface area contributed by atoms with Crippen LogP contribution in [0, 0.1) is 0 Å². The standard InChI is InChI=1S/C3ClF3N2S.ClH/c4-2-8-1(9-10-2)3(5,6)7;/h;1H. The van der Waals surface area contributed by atoms with Crippen molar-refractivity contribution in [3.05, 3.63) is 10.3 Å². The predicted molar refractivity (Wildman–Crippen MR) is 37.2 cm³/mol. The fourth-order valence-electron chi connectivity index (χ4n) is 0.320. The van der Waals surface area contributed by atoms with E-state index in [2.05, 4.69) is 9.36 Å². The molecule has 0 bridgehead atoms. The zero-order valence-corrected chi connectivity index (χ0v) is 7.11. The number of rotatable bonds is 0. The number of aromatic nitrogens is 2. The highest BCUT2D eigenvalue weighted by Gasteiger charge is 2.35. The highest BCUT2D eigenvalue weighted by molar-refractivity contribution is 7.10. The first-order valence-electron chi connectivity index (χ1n) is 2.06.